The predicted molar refractivity (Wildman–Crippen MR) is 120 cm³/mol. The minimum atomic E-state index is 0. The van der Waals surface area contributed by atoms with Gasteiger partial charge in [0.25, 0.3) is 0 Å². The standard InChI is InChI=1S/C18H30N4OS.3ClH/c1-15-20-12-16(24-15)13-21-7-9-22(10-8-21)17(23)11-18(14-19)5-3-2-4-6-18;;;/h12H,2-11,13-14,19H2,1H3;3*1H. The number of carbonyl (C=O) groups is 1. The molecule has 2 N–H and O–H groups in total. The van der Waals surface area contributed by atoms with Crippen molar-refractivity contribution in [3.63, 3.8) is 0 Å². The zero-order valence-electron chi connectivity index (χ0n) is 16.0. The van der Waals surface area contributed by atoms with E-state index in [4.69, 9.17) is 5.73 Å². The molecule has 1 amide bonds. The highest BCUT2D eigenvalue weighted by molar-refractivity contribution is 7.11. The van der Waals surface area contributed by atoms with Crippen LogP contribution in [0.15, 0.2) is 6.20 Å². The number of carbonyl (C=O) groups excluding carboxylic acids is 1. The van der Waals surface area contributed by atoms with E-state index >= 15 is 0 Å². The lowest BCUT2D eigenvalue weighted by Crippen LogP contribution is -2.50. The van der Waals surface area contributed by atoms with Crippen molar-refractivity contribution < 1.29 is 4.79 Å². The Labute approximate surface area is 185 Å². The molecule has 2 aliphatic rings. The third-order valence-electron chi connectivity index (χ3n) is 5.65. The van der Waals surface area contributed by atoms with Crippen LogP contribution in [0.2, 0.25) is 0 Å². The molecule has 158 valence electrons. The van der Waals surface area contributed by atoms with Crippen LogP contribution in [0, 0.1) is 12.3 Å². The molecule has 5 nitrogen and oxygen atoms in total. The molecule has 2 fully saturated rings. The van der Waals surface area contributed by atoms with E-state index in [0.29, 0.717) is 18.9 Å². The second-order valence-corrected chi connectivity index (χ2v) is 8.76. The van der Waals surface area contributed by atoms with Gasteiger partial charge in [-0.2, -0.15) is 0 Å². The summed E-state index contributed by atoms with van der Waals surface area (Å²) < 4.78 is 0. The molecule has 0 radical (unpaired) electrons. The predicted octanol–water partition coefficient (Wildman–Crippen LogP) is 3.66. The molecule has 9 heteroatoms. The largest absolute Gasteiger partial charge is 0.340 e. The van der Waals surface area contributed by atoms with Gasteiger partial charge in [0.15, 0.2) is 0 Å². The van der Waals surface area contributed by atoms with Crippen molar-refractivity contribution in [2.45, 2.75) is 52.0 Å². The monoisotopic (exact) mass is 458 g/mol. The van der Waals surface area contributed by atoms with Crippen molar-refractivity contribution in [3.8, 4) is 0 Å². The lowest BCUT2D eigenvalue weighted by atomic mass is 9.71. The highest BCUT2D eigenvalue weighted by Crippen LogP contribution is 2.38. The van der Waals surface area contributed by atoms with Crippen molar-refractivity contribution in [2.24, 2.45) is 11.1 Å². The second-order valence-electron chi connectivity index (χ2n) is 7.44. The van der Waals surface area contributed by atoms with E-state index in [-0.39, 0.29) is 42.6 Å². The summed E-state index contributed by atoms with van der Waals surface area (Å²) in [6, 6.07) is 0. The first-order valence-corrected chi connectivity index (χ1v) is 10.0. The Bertz CT molecular complexity index is 559. The summed E-state index contributed by atoms with van der Waals surface area (Å²) >= 11 is 1.77. The van der Waals surface area contributed by atoms with Crippen LogP contribution < -0.4 is 5.73 Å². The average Bonchev–Trinajstić information content (AvgIpc) is 3.01. The van der Waals surface area contributed by atoms with Crippen molar-refractivity contribution in [2.75, 3.05) is 32.7 Å². The number of amides is 1. The normalized spacial score (nSPS) is 19.4. The van der Waals surface area contributed by atoms with Crippen LogP contribution >= 0.6 is 48.6 Å². The van der Waals surface area contributed by atoms with E-state index in [9.17, 15) is 4.79 Å². The zero-order valence-corrected chi connectivity index (χ0v) is 19.3. The highest BCUT2D eigenvalue weighted by Gasteiger charge is 2.35. The van der Waals surface area contributed by atoms with Crippen molar-refractivity contribution >= 4 is 54.5 Å². The highest BCUT2D eigenvalue weighted by atomic mass is 35.5. The summed E-state index contributed by atoms with van der Waals surface area (Å²) in [5, 5.41) is 1.12. The summed E-state index contributed by atoms with van der Waals surface area (Å²) in [6.07, 6.45) is 8.63. The van der Waals surface area contributed by atoms with Gasteiger partial charge in [-0.05, 0) is 31.7 Å². The van der Waals surface area contributed by atoms with Crippen LogP contribution in [0.5, 0.6) is 0 Å². The molecule has 27 heavy (non-hydrogen) atoms. The Morgan fingerprint density at radius 3 is 2.30 bits per heavy atom. The number of aromatic nitrogens is 1. The molecule has 1 aromatic heterocycles. The van der Waals surface area contributed by atoms with Gasteiger partial charge in [0.05, 0.1) is 5.01 Å². The van der Waals surface area contributed by atoms with Gasteiger partial charge in [0, 0.05) is 50.2 Å². The Kier molecular flexibility index (Phi) is 12.4. The summed E-state index contributed by atoms with van der Waals surface area (Å²) in [5.41, 5.74) is 6.12. The Hall–Kier alpha value is -0.110. The maximum atomic E-state index is 12.7. The van der Waals surface area contributed by atoms with Gasteiger partial charge in [-0.15, -0.1) is 48.6 Å². The lowest BCUT2D eigenvalue weighted by Gasteiger charge is -2.39. The number of nitrogens with two attached hydrogens (primary N) is 1. The average molecular weight is 460 g/mol. The van der Waals surface area contributed by atoms with Gasteiger partial charge in [-0.3, -0.25) is 9.69 Å². The number of thiazole rings is 1. The van der Waals surface area contributed by atoms with Gasteiger partial charge < -0.3 is 10.6 Å². The molecule has 1 aromatic rings. The quantitative estimate of drug-likeness (QED) is 0.730. The van der Waals surface area contributed by atoms with Gasteiger partial charge in [0.1, 0.15) is 0 Å². The van der Waals surface area contributed by atoms with Crippen molar-refractivity contribution in [1.82, 2.24) is 14.8 Å². The second kappa shape index (κ2) is 12.5. The molecule has 0 aromatic carbocycles. The molecule has 1 saturated heterocycles. The molecule has 0 unspecified atom stereocenters. The Morgan fingerprint density at radius 1 is 1.15 bits per heavy atom. The number of hydrogen-bond acceptors (Lipinski definition) is 5. The summed E-state index contributed by atoms with van der Waals surface area (Å²) in [4.78, 5) is 22.9. The minimum absolute atomic E-state index is 0. The summed E-state index contributed by atoms with van der Waals surface area (Å²) in [6.45, 7) is 7.26. The molecule has 3 rings (SSSR count). The smallest absolute Gasteiger partial charge is 0.223 e. The van der Waals surface area contributed by atoms with E-state index in [1.165, 1.54) is 24.1 Å². The first kappa shape index (κ1) is 26.9. The SMILES string of the molecule is Cc1ncc(CN2CCN(C(=O)CC3(CN)CCCCC3)CC2)s1.Cl.Cl.Cl. The number of rotatable bonds is 5. The number of nitrogens with zero attached hydrogens (tertiary/aromatic N) is 3. The number of piperazine rings is 1. The molecule has 2 heterocycles. The van der Waals surface area contributed by atoms with E-state index in [1.54, 1.807) is 11.3 Å². The minimum Gasteiger partial charge on any atom is -0.340 e. The topological polar surface area (TPSA) is 62.5 Å². The molecule has 1 aliphatic heterocycles. The first-order valence-electron chi connectivity index (χ1n) is 9.22. The zero-order chi connectivity index (χ0) is 17.0. The number of halogens is 3. The van der Waals surface area contributed by atoms with Gasteiger partial charge in [0.2, 0.25) is 5.91 Å². The first-order chi connectivity index (χ1) is 11.6. The molecule has 0 spiro atoms. The van der Waals surface area contributed by atoms with E-state index in [2.05, 4.69) is 14.8 Å². The van der Waals surface area contributed by atoms with Gasteiger partial charge in [-0.25, -0.2) is 4.98 Å². The van der Waals surface area contributed by atoms with Crippen LogP contribution in [0.25, 0.3) is 0 Å². The Morgan fingerprint density at radius 2 is 1.78 bits per heavy atom. The van der Waals surface area contributed by atoms with E-state index in [1.807, 2.05) is 13.1 Å². The fourth-order valence-electron chi connectivity index (χ4n) is 4.04. The third-order valence-corrected chi connectivity index (χ3v) is 6.54. The molecule has 0 bridgehead atoms. The maximum absolute atomic E-state index is 12.7. The van der Waals surface area contributed by atoms with Crippen molar-refractivity contribution in [1.29, 1.82) is 0 Å². The van der Waals surface area contributed by atoms with Crippen LogP contribution in [-0.2, 0) is 11.3 Å². The van der Waals surface area contributed by atoms with Gasteiger partial charge in [-0.1, -0.05) is 19.3 Å². The van der Waals surface area contributed by atoms with Crippen molar-refractivity contribution in [3.05, 3.63) is 16.1 Å². The lowest BCUT2D eigenvalue weighted by molar-refractivity contribution is -0.136. The van der Waals surface area contributed by atoms with E-state index < -0.39 is 0 Å². The molecular formula is C18H33Cl3N4OS. The summed E-state index contributed by atoms with van der Waals surface area (Å²) in [5.74, 6) is 0.315. The molecule has 1 saturated carbocycles. The number of aryl methyl sites for hydroxylation is 1. The van der Waals surface area contributed by atoms with Crippen LogP contribution in [0.1, 0.15) is 48.4 Å². The molecular weight excluding hydrogens is 427 g/mol. The molecule has 1 aliphatic carbocycles. The number of hydrogen-bond donors (Lipinski definition) is 1. The van der Waals surface area contributed by atoms with Crippen LogP contribution in [0.4, 0.5) is 0 Å². The van der Waals surface area contributed by atoms with Crippen LogP contribution in [0.3, 0.4) is 0 Å². The van der Waals surface area contributed by atoms with E-state index in [0.717, 1.165) is 50.6 Å². The van der Waals surface area contributed by atoms with Gasteiger partial charge >= 0.3 is 0 Å². The maximum Gasteiger partial charge on any atom is 0.223 e. The fraction of sp³-hybridized carbons (Fsp3) is 0.778. The third kappa shape index (κ3) is 7.33. The van der Waals surface area contributed by atoms with Crippen LogP contribution in [-0.4, -0.2) is 53.4 Å². The fourth-order valence-corrected chi connectivity index (χ4v) is 4.88. The Balaban J connectivity index is 0.00000225. The summed E-state index contributed by atoms with van der Waals surface area (Å²) in [7, 11) is 0. The molecule has 0 atom stereocenters.